The number of hydrogen-bond donors (Lipinski definition) is 2. The number of nitriles is 1. The summed E-state index contributed by atoms with van der Waals surface area (Å²) >= 11 is 0.923. The van der Waals surface area contributed by atoms with Crippen molar-refractivity contribution < 1.29 is 8.78 Å². The average Bonchev–Trinajstić information content (AvgIpc) is 3.48. The molecule has 1 aliphatic rings. The molecule has 0 unspecified atom stereocenters. The number of benzene rings is 1. The van der Waals surface area contributed by atoms with Crippen molar-refractivity contribution in [1.82, 2.24) is 25.1 Å². The van der Waals surface area contributed by atoms with E-state index in [1.807, 2.05) is 0 Å². The first kappa shape index (κ1) is 21.0. The molecule has 0 spiro atoms. The number of piperidine rings is 1. The summed E-state index contributed by atoms with van der Waals surface area (Å²) in [6.45, 7) is 2.50. The molecule has 4 heterocycles. The van der Waals surface area contributed by atoms with Crippen LogP contribution in [0.2, 0.25) is 0 Å². The summed E-state index contributed by atoms with van der Waals surface area (Å²) in [5.74, 6) is -1.32. The molecule has 0 saturated carbocycles. The van der Waals surface area contributed by atoms with Crippen LogP contribution in [0.25, 0.3) is 16.6 Å². The number of halogens is 2. The minimum atomic E-state index is -0.658. The van der Waals surface area contributed by atoms with Gasteiger partial charge in [-0.1, -0.05) is 24.2 Å². The monoisotopic (exact) mass is 438 g/mol. The molecule has 158 valence electrons. The van der Waals surface area contributed by atoms with Gasteiger partial charge in [-0.2, -0.15) is 15.5 Å². The van der Waals surface area contributed by atoms with E-state index in [0.29, 0.717) is 16.0 Å². The number of hydrogen-bond acceptors (Lipinski definition) is 5. The standard InChI is InChI=1S/C17H9F2N5S.C5H11N/c18-13-2-1-3-14(19)17(13)25-15-4-10(12-6-21-22-7-12)9-24-16(15)11(5-20)8-23-24;1-2-4-6-5-3-1/h1-4,6-9H,(H,21,22);6H,1-5H2. The minimum Gasteiger partial charge on any atom is -0.317 e. The second-order valence-corrected chi connectivity index (χ2v) is 8.06. The van der Waals surface area contributed by atoms with Crippen LogP contribution < -0.4 is 5.32 Å². The molecule has 1 aliphatic heterocycles. The fourth-order valence-electron chi connectivity index (χ4n) is 3.30. The normalized spacial score (nSPS) is 13.5. The lowest BCUT2D eigenvalue weighted by Crippen LogP contribution is -2.21. The maximum Gasteiger partial charge on any atom is 0.140 e. The van der Waals surface area contributed by atoms with Crippen molar-refractivity contribution in [3.8, 4) is 17.2 Å². The average molecular weight is 439 g/mol. The third kappa shape index (κ3) is 4.76. The van der Waals surface area contributed by atoms with Crippen molar-refractivity contribution >= 4 is 17.3 Å². The highest BCUT2D eigenvalue weighted by atomic mass is 32.2. The van der Waals surface area contributed by atoms with Crippen molar-refractivity contribution in [2.24, 2.45) is 0 Å². The van der Waals surface area contributed by atoms with Crippen LogP contribution >= 0.6 is 11.8 Å². The van der Waals surface area contributed by atoms with E-state index >= 15 is 0 Å². The SMILES string of the molecule is C1CCNCC1.N#Cc1cnn2cc(-c3cn[nH]c3)cc(Sc3c(F)cccc3F)c12. The molecule has 0 amide bonds. The molecule has 1 aromatic carbocycles. The Morgan fingerprint density at radius 2 is 1.84 bits per heavy atom. The summed E-state index contributed by atoms with van der Waals surface area (Å²) in [7, 11) is 0. The molecule has 0 atom stereocenters. The Morgan fingerprint density at radius 3 is 2.42 bits per heavy atom. The van der Waals surface area contributed by atoms with Gasteiger partial charge in [-0.25, -0.2) is 13.3 Å². The van der Waals surface area contributed by atoms with Crippen LogP contribution in [-0.4, -0.2) is 32.9 Å². The van der Waals surface area contributed by atoms with Gasteiger partial charge in [-0.05, 0) is 44.1 Å². The topological polar surface area (TPSA) is 81.8 Å². The third-order valence-electron chi connectivity index (χ3n) is 4.87. The molecule has 2 N–H and O–H groups in total. The quantitative estimate of drug-likeness (QED) is 0.481. The largest absolute Gasteiger partial charge is 0.317 e. The molecule has 9 heteroatoms. The first-order chi connectivity index (χ1) is 15.2. The first-order valence-electron chi connectivity index (χ1n) is 9.90. The predicted octanol–water partition coefficient (Wildman–Crippen LogP) is 4.79. The van der Waals surface area contributed by atoms with Gasteiger partial charge >= 0.3 is 0 Å². The van der Waals surface area contributed by atoms with Crippen LogP contribution in [-0.2, 0) is 0 Å². The lowest BCUT2D eigenvalue weighted by atomic mass is 10.1. The lowest BCUT2D eigenvalue weighted by Gasteiger charge is -2.09. The number of fused-ring (bicyclic) bond motifs is 1. The van der Waals surface area contributed by atoms with Gasteiger partial charge in [0.25, 0.3) is 0 Å². The van der Waals surface area contributed by atoms with E-state index in [0.717, 1.165) is 22.9 Å². The van der Waals surface area contributed by atoms with Crippen LogP contribution in [0.1, 0.15) is 24.8 Å². The van der Waals surface area contributed by atoms with Gasteiger partial charge in [0.1, 0.15) is 17.7 Å². The van der Waals surface area contributed by atoms with Gasteiger partial charge in [0.2, 0.25) is 0 Å². The fourth-order valence-corrected chi connectivity index (χ4v) is 4.34. The van der Waals surface area contributed by atoms with E-state index in [1.54, 1.807) is 24.7 Å². The molecular weight excluding hydrogens is 418 g/mol. The van der Waals surface area contributed by atoms with Crippen molar-refractivity contribution in [2.75, 3.05) is 13.1 Å². The summed E-state index contributed by atoms with van der Waals surface area (Å²) < 4.78 is 29.6. The lowest BCUT2D eigenvalue weighted by molar-refractivity contribution is 0.520. The van der Waals surface area contributed by atoms with Crippen LogP contribution in [0.5, 0.6) is 0 Å². The maximum atomic E-state index is 14.1. The summed E-state index contributed by atoms with van der Waals surface area (Å²) in [6, 6.07) is 7.53. The van der Waals surface area contributed by atoms with Crippen molar-refractivity contribution in [1.29, 1.82) is 5.26 Å². The Balaban J connectivity index is 0.000000334. The molecule has 1 saturated heterocycles. The summed E-state index contributed by atoms with van der Waals surface area (Å²) in [5, 5.41) is 23.4. The Hall–Kier alpha value is -3.22. The van der Waals surface area contributed by atoms with Crippen LogP contribution in [0.15, 0.2) is 58.8 Å². The van der Waals surface area contributed by atoms with E-state index < -0.39 is 11.6 Å². The van der Waals surface area contributed by atoms with Gasteiger partial charge in [0.15, 0.2) is 0 Å². The van der Waals surface area contributed by atoms with E-state index in [2.05, 4.69) is 26.7 Å². The van der Waals surface area contributed by atoms with Crippen LogP contribution in [0.3, 0.4) is 0 Å². The zero-order chi connectivity index (χ0) is 21.6. The third-order valence-corrected chi connectivity index (χ3v) is 5.99. The maximum absolute atomic E-state index is 14.1. The highest BCUT2D eigenvalue weighted by molar-refractivity contribution is 7.99. The summed E-state index contributed by atoms with van der Waals surface area (Å²) in [4.78, 5) is 0.399. The highest BCUT2D eigenvalue weighted by Gasteiger charge is 2.17. The predicted molar refractivity (Wildman–Crippen MR) is 115 cm³/mol. The molecule has 0 aliphatic carbocycles. The fraction of sp³-hybridized carbons (Fsp3) is 0.227. The van der Waals surface area contributed by atoms with Crippen molar-refractivity contribution in [3.05, 3.63) is 66.3 Å². The second-order valence-electron chi connectivity index (χ2n) is 7.01. The van der Waals surface area contributed by atoms with Gasteiger partial charge in [-0.3, -0.25) is 5.10 Å². The number of pyridine rings is 1. The molecule has 31 heavy (non-hydrogen) atoms. The van der Waals surface area contributed by atoms with Gasteiger partial charge < -0.3 is 5.32 Å². The second kappa shape index (κ2) is 9.73. The number of H-pyrrole nitrogens is 1. The Morgan fingerprint density at radius 1 is 1.06 bits per heavy atom. The van der Waals surface area contributed by atoms with Gasteiger partial charge in [0.05, 0.1) is 28.4 Å². The Labute approximate surface area is 182 Å². The van der Waals surface area contributed by atoms with E-state index in [1.165, 1.54) is 61.3 Å². The minimum absolute atomic E-state index is 0.126. The Bertz CT molecular complexity index is 1180. The smallest absolute Gasteiger partial charge is 0.140 e. The van der Waals surface area contributed by atoms with Crippen LogP contribution in [0, 0.1) is 23.0 Å². The van der Waals surface area contributed by atoms with Gasteiger partial charge in [0, 0.05) is 28.4 Å². The first-order valence-corrected chi connectivity index (χ1v) is 10.7. The summed E-state index contributed by atoms with van der Waals surface area (Å²) in [6.07, 6.45) is 10.7. The van der Waals surface area contributed by atoms with E-state index in [4.69, 9.17) is 0 Å². The van der Waals surface area contributed by atoms with E-state index in [-0.39, 0.29) is 4.90 Å². The molecule has 6 nitrogen and oxygen atoms in total. The zero-order valence-electron chi connectivity index (χ0n) is 16.6. The van der Waals surface area contributed by atoms with Gasteiger partial charge in [-0.15, -0.1) is 0 Å². The van der Waals surface area contributed by atoms with Crippen molar-refractivity contribution in [2.45, 2.75) is 29.1 Å². The van der Waals surface area contributed by atoms with Crippen molar-refractivity contribution in [3.63, 3.8) is 0 Å². The molecule has 0 radical (unpaired) electrons. The molecule has 1 fully saturated rings. The summed E-state index contributed by atoms with van der Waals surface area (Å²) in [5.41, 5.74) is 2.39. The number of aromatic amines is 1. The number of nitrogens with one attached hydrogen (secondary N) is 2. The highest BCUT2D eigenvalue weighted by Crippen LogP contribution is 2.37. The molecule has 0 bridgehead atoms. The number of nitrogens with zero attached hydrogens (tertiary/aromatic N) is 4. The zero-order valence-corrected chi connectivity index (χ0v) is 17.4. The molecule has 3 aromatic heterocycles. The Kier molecular flexibility index (Phi) is 6.60. The number of aromatic nitrogens is 4. The molecule has 4 aromatic rings. The molecule has 5 rings (SSSR count). The van der Waals surface area contributed by atoms with E-state index in [9.17, 15) is 14.0 Å². The number of rotatable bonds is 3. The molecular formula is C22H20F2N6S. The van der Waals surface area contributed by atoms with Crippen LogP contribution in [0.4, 0.5) is 8.78 Å².